The number of urea groups is 1. The topological polar surface area (TPSA) is 44.4 Å². The summed E-state index contributed by atoms with van der Waals surface area (Å²) in [4.78, 5) is 14.1. The van der Waals surface area contributed by atoms with Crippen molar-refractivity contribution in [2.45, 2.75) is 13.5 Å². The van der Waals surface area contributed by atoms with Gasteiger partial charge < -0.3 is 15.5 Å². The maximum atomic E-state index is 11.2. The smallest absolute Gasteiger partial charge is 0.316 e. The summed E-state index contributed by atoms with van der Waals surface area (Å²) >= 11 is 1.76. The predicted molar refractivity (Wildman–Crippen MR) is 67.8 cm³/mol. The van der Waals surface area contributed by atoms with Gasteiger partial charge in [-0.1, -0.05) is 0 Å². The van der Waals surface area contributed by atoms with E-state index in [1.165, 1.54) is 15.3 Å². The van der Waals surface area contributed by atoms with E-state index >= 15 is 0 Å². The molecule has 5 heteroatoms. The Hall–Kier alpha value is -1.07. The van der Waals surface area contributed by atoms with E-state index in [1.54, 1.807) is 25.4 Å². The molecule has 2 amide bonds. The van der Waals surface area contributed by atoms with Crippen LogP contribution in [0.5, 0.6) is 0 Å². The van der Waals surface area contributed by atoms with Gasteiger partial charge in [-0.25, -0.2) is 4.79 Å². The monoisotopic (exact) mass is 241 g/mol. The van der Waals surface area contributed by atoms with Crippen molar-refractivity contribution >= 4 is 17.4 Å². The fraction of sp³-hybridized carbons (Fsp3) is 0.545. The van der Waals surface area contributed by atoms with E-state index in [4.69, 9.17) is 0 Å². The summed E-state index contributed by atoms with van der Waals surface area (Å²) in [6.45, 7) is 4.43. The minimum absolute atomic E-state index is 0.0471. The Bertz CT molecular complexity index is 336. The van der Waals surface area contributed by atoms with Crippen LogP contribution in [0.4, 0.5) is 4.79 Å². The van der Waals surface area contributed by atoms with Gasteiger partial charge in [-0.15, -0.1) is 11.3 Å². The third kappa shape index (κ3) is 4.20. The third-order valence-corrected chi connectivity index (χ3v) is 3.26. The average Bonchev–Trinajstić information content (AvgIpc) is 2.63. The van der Waals surface area contributed by atoms with Crippen molar-refractivity contribution in [2.24, 2.45) is 0 Å². The van der Waals surface area contributed by atoms with Crippen LogP contribution in [0.1, 0.15) is 10.4 Å². The molecule has 0 saturated carbocycles. The number of nitrogens with zero attached hydrogens (tertiary/aromatic N) is 1. The number of thiophene rings is 1. The lowest BCUT2D eigenvalue weighted by atomic mass is 10.3. The minimum atomic E-state index is -0.0471. The number of aryl methyl sites for hydroxylation is 1. The zero-order chi connectivity index (χ0) is 12.0. The summed E-state index contributed by atoms with van der Waals surface area (Å²) in [6, 6.07) is 2.07. The molecule has 0 aliphatic rings. The van der Waals surface area contributed by atoms with Crippen LogP contribution in [0.3, 0.4) is 0 Å². The Morgan fingerprint density at radius 2 is 2.19 bits per heavy atom. The molecule has 90 valence electrons. The number of amides is 2. The van der Waals surface area contributed by atoms with Crippen molar-refractivity contribution in [1.29, 1.82) is 0 Å². The van der Waals surface area contributed by atoms with Crippen LogP contribution in [-0.4, -0.2) is 38.1 Å². The third-order valence-electron chi connectivity index (χ3n) is 2.24. The maximum Gasteiger partial charge on any atom is 0.316 e. The summed E-state index contributed by atoms with van der Waals surface area (Å²) in [7, 11) is 3.47. The Morgan fingerprint density at radius 3 is 2.75 bits per heavy atom. The zero-order valence-electron chi connectivity index (χ0n) is 10.0. The molecule has 1 aromatic rings. The molecule has 1 heterocycles. The molecule has 0 saturated heterocycles. The van der Waals surface area contributed by atoms with Crippen molar-refractivity contribution in [1.82, 2.24) is 15.5 Å². The highest BCUT2D eigenvalue weighted by atomic mass is 32.1. The van der Waals surface area contributed by atoms with Crippen molar-refractivity contribution < 1.29 is 4.79 Å². The molecule has 0 radical (unpaired) electrons. The quantitative estimate of drug-likeness (QED) is 0.766. The first-order valence-electron chi connectivity index (χ1n) is 5.30. The molecular weight excluding hydrogens is 222 g/mol. The fourth-order valence-corrected chi connectivity index (χ4v) is 2.08. The van der Waals surface area contributed by atoms with E-state index in [-0.39, 0.29) is 6.03 Å². The molecule has 0 unspecified atom stereocenters. The van der Waals surface area contributed by atoms with Crippen LogP contribution in [0, 0.1) is 6.92 Å². The van der Waals surface area contributed by atoms with Gasteiger partial charge in [0.1, 0.15) is 0 Å². The van der Waals surface area contributed by atoms with Gasteiger partial charge in [-0.2, -0.15) is 0 Å². The number of nitrogens with one attached hydrogen (secondary N) is 2. The van der Waals surface area contributed by atoms with E-state index in [2.05, 4.69) is 29.0 Å². The van der Waals surface area contributed by atoms with Crippen molar-refractivity contribution in [3.05, 3.63) is 21.9 Å². The molecule has 0 spiro atoms. The summed E-state index contributed by atoms with van der Waals surface area (Å²) in [5, 5.41) is 8.20. The minimum Gasteiger partial charge on any atom is -0.337 e. The van der Waals surface area contributed by atoms with Crippen LogP contribution < -0.4 is 10.6 Å². The lowest BCUT2D eigenvalue weighted by Crippen LogP contribution is -2.38. The number of rotatable bonds is 5. The lowest BCUT2D eigenvalue weighted by molar-refractivity contribution is 0.217. The molecule has 0 fully saturated rings. The van der Waals surface area contributed by atoms with Crippen molar-refractivity contribution in [3.8, 4) is 0 Å². The van der Waals surface area contributed by atoms with Gasteiger partial charge in [0, 0.05) is 38.6 Å². The van der Waals surface area contributed by atoms with Crippen LogP contribution in [0.15, 0.2) is 11.4 Å². The number of hydrogen-bond donors (Lipinski definition) is 2. The van der Waals surface area contributed by atoms with Crippen LogP contribution in [-0.2, 0) is 6.54 Å². The number of hydrogen-bond acceptors (Lipinski definition) is 3. The molecule has 0 aliphatic heterocycles. The van der Waals surface area contributed by atoms with Crippen LogP contribution >= 0.6 is 11.3 Å². The predicted octanol–water partition coefficient (Wildman–Crippen LogP) is 1.42. The molecule has 1 aromatic heterocycles. The van der Waals surface area contributed by atoms with Crippen molar-refractivity contribution in [2.75, 3.05) is 27.2 Å². The highest BCUT2D eigenvalue weighted by molar-refractivity contribution is 7.10. The Kier molecular flexibility index (Phi) is 5.28. The van der Waals surface area contributed by atoms with Gasteiger partial charge in [0.15, 0.2) is 0 Å². The van der Waals surface area contributed by atoms with Crippen molar-refractivity contribution in [3.63, 3.8) is 0 Å². The molecule has 1 rings (SSSR count). The highest BCUT2D eigenvalue weighted by Crippen LogP contribution is 2.14. The summed E-state index contributed by atoms with van der Waals surface area (Å²) in [5.41, 5.74) is 1.33. The van der Waals surface area contributed by atoms with Gasteiger partial charge >= 0.3 is 6.03 Å². The first kappa shape index (κ1) is 13.0. The van der Waals surface area contributed by atoms with E-state index in [1.807, 2.05) is 0 Å². The molecule has 0 atom stereocenters. The van der Waals surface area contributed by atoms with E-state index in [0.29, 0.717) is 6.54 Å². The second kappa shape index (κ2) is 6.50. The Labute approximate surface area is 101 Å². The fourth-order valence-electron chi connectivity index (χ4n) is 1.20. The standard InChI is InChI=1S/C11H19N3OS/c1-9-4-7-16-10(9)8-12-5-6-13-11(15)14(2)3/h4,7,12H,5-6,8H2,1-3H3,(H,13,15). The Balaban J connectivity index is 2.09. The van der Waals surface area contributed by atoms with E-state index < -0.39 is 0 Å². The highest BCUT2D eigenvalue weighted by Gasteiger charge is 2.01. The lowest BCUT2D eigenvalue weighted by Gasteiger charge is -2.12. The Morgan fingerprint density at radius 1 is 1.44 bits per heavy atom. The van der Waals surface area contributed by atoms with Gasteiger partial charge in [0.2, 0.25) is 0 Å². The van der Waals surface area contributed by atoms with E-state index in [0.717, 1.165) is 13.1 Å². The van der Waals surface area contributed by atoms with Gasteiger partial charge in [0.05, 0.1) is 0 Å². The molecule has 0 bridgehead atoms. The molecular formula is C11H19N3OS. The second-order valence-corrected chi connectivity index (χ2v) is 4.83. The SMILES string of the molecule is Cc1ccsc1CNCCNC(=O)N(C)C. The molecule has 4 nitrogen and oxygen atoms in total. The maximum absolute atomic E-state index is 11.2. The molecule has 0 aliphatic carbocycles. The summed E-state index contributed by atoms with van der Waals surface area (Å²) in [5.74, 6) is 0. The van der Waals surface area contributed by atoms with Gasteiger partial charge in [-0.05, 0) is 23.9 Å². The first-order chi connectivity index (χ1) is 7.61. The molecule has 16 heavy (non-hydrogen) atoms. The number of carbonyl (C=O) groups is 1. The molecule has 2 N–H and O–H groups in total. The van der Waals surface area contributed by atoms with Gasteiger partial charge in [0.25, 0.3) is 0 Å². The first-order valence-corrected chi connectivity index (χ1v) is 6.18. The normalized spacial score (nSPS) is 10.2. The second-order valence-electron chi connectivity index (χ2n) is 3.83. The average molecular weight is 241 g/mol. The van der Waals surface area contributed by atoms with Gasteiger partial charge in [-0.3, -0.25) is 0 Å². The number of carbonyl (C=O) groups excluding carboxylic acids is 1. The largest absolute Gasteiger partial charge is 0.337 e. The summed E-state index contributed by atoms with van der Waals surface area (Å²) in [6.07, 6.45) is 0. The van der Waals surface area contributed by atoms with E-state index in [9.17, 15) is 4.79 Å². The van der Waals surface area contributed by atoms with Crippen LogP contribution in [0.2, 0.25) is 0 Å². The molecule has 0 aromatic carbocycles. The summed E-state index contributed by atoms with van der Waals surface area (Å²) < 4.78 is 0. The zero-order valence-corrected chi connectivity index (χ0v) is 10.9. The van der Waals surface area contributed by atoms with Crippen LogP contribution in [0.25, 0.3) is 0 Å².